The van der Waals surface area contributed by atoms with Crippen LogP contribution in [0.2, 0.25) is 0 Å². The number of carbonyl (C=O) groups excluding carboxylic acids is 2. The van der Waals surface area contributed by atoms with Crippen molar-refractivity contribution in [2.45, 2.75) is 0 Å². The Morgan fingerprint density at radius 3 is 2.80 bits per heavy atom. The van der Waals surface area contributed by atoms with E-state index in [0.717, 1.165) is 0 Å². The van der Waals surface area contributed by atoms with Crippen LogP contribution in [-0.2, 0) is 4.79 Å². The van der Waals surface area contributed by atoms with Gasteiger partial charge in [-0.2, -0.15) is 0 Å². The van der Waals surface area contributed by atoms with Crippen molar-refractivity contribution in [2.24, 2.45) is 0 Å². The lowest BCUT2D eigenvalue weighted by Crippen LogP contribution is -2.28. The minimum Gasteiger partial charge on any atom is -0.343 e. The molecule has 0 spiro atoms. The maximum Gasteiger partial charge on any atom is 0.253 e. The molecule has 6 heteroatoms. The summed E-state index contributed by atoms with van der Waals surface area (Å²) in [5.41, 5.74) is 0.530. The third kappa shape index (κ3) is 1.81. The number of fused-ring (bicyclic) bond motifs is 1. The van der Waals surface area contributed by atoms with Crippen LogP contribution in [0.3, 0.4) is 0 Å². The predicted octanol–water partition coefficient (Wildman–Crippen LogP) is 1.11. The number of carbonyl (C=O) groups is 2. The zero-order chi connectivity index (χ0) is 11.0. The van der Waals surface area contributed by atoms with Gasteiger partial charge in [0.25, 0.3) is 5.91 Å². The molecule has 1 aliphatic rings. The normalized spacial score (nSPS) is 15.1. The first-order valence-corrected chi connectivity index (χ1v) is 5.23. The van der Waals surface area contributed by atoms with Gasteiger partial charge in [0.2, 0.25) is 5.91 Å². The molecule has 1 aromatic rings. The van der Waals surface area contributed by atoms with Crippen LogP contribution in [-0.4, -0.2) is 18.4 Å². The van der Waals surface area contributed by atoms with E-state index in [0.29, 0.717) is 0 Å². The minimum atomic E-state index is -0.454. The molecule has 0 unspecified atom stereocenters. The van der Waals surface area contributed by atoms with Crippen molar-refractivity contribution in [2.75, 3.05) is 11.9 Å². The number of benzene rings is 1. The highest BCUT2D eigenvalue weighted by Crippen LogP contribution is 2.26. The summed E-state index contributed by atoms with van der Waals surface area (Å²) in [5, 5.41) is 4.91. The van der Waals surface area contributed by atoms with Crippen LogP contribution in [0.15, 0.2) is 12.1 Å². The van der Waals surface area contributed by atoms with Crippen LogP contribution in [0.5, 0.6) is 0 Å². The molecule has 78 valence electrons. The summed E-state index contributed by atoms with van der Waals surface area (Å²) < 4.78 is 13.4. The maximum atomic E-state index is 13.2. The van der Waals surface area contributed by atoms with E-state index >= 15 is 0 Å². The quantitative estimate of drug-likeness (QED) is 0.704. The topological polar surface area (TPSA) is 58.2 Å². The van der Waals surface area contributed by atoms with E-state index in [9.17, 15) is 14.0 Å². The van der Waals surface area contributed by atoms with E-state index in [1.807, 2.05) is 0 Å². The van der Waals surface area contributed by atoms with Gasteiger partial charge in [-0.25, -0.2) is 4.39 Å². The molecule has 2 N–H and O–H groups in total. The molecule has 1 heterocycles. The average molecular weight is 320 g/mol. The van der Waals surface area contributed by atoms with Crippen molar-refractivity contribution in [3.63, 3.8) is 0 Å². The molecule has 15 heavy (non-hydrogen) atoms. The van der Waals surface area contributed by atoms with E-state index in [1.165, 1.54) is 12.1 Å². The molecule has 2 rings (SSSR count). The van der Waals surface area contributed by atoms with Crippen LogP contribution in [0, 0.1) is 9.39 Å². The zero-order valence-electron chi connectivity index (χ0n) is 7.43. The molecular weight excluding hydrogens is 314 g/mol. The van der Waals surface area contributed by atoms with E-state index in [4.69, 9.17) is 0 Å². The molecule has 0 bridgehead atoms. The summed E-state index contributed by atoms with van der Waals surface area (Å²) in [5.74, 6) is -1.18. The van der Waals surface area contributed by atoms with Crippen molar-refractivity contribution in [3.8, 4) is 0 Å². The summed E-state index contributed by atoms with van der Waals surface area (Å²) in [7, 11) is 0. The summed E-state index contributed by atoms with van der Waals surface area (Å²) in [6, 6.07) is 2.56. The third-order valence-corrected chi connectivity index (χ3v) is 3.07. The van der Waals surface area contributed by atoms with Crippen LogP contribution in [0.1, 0.15) is 10.4 Å². The molecule has 1 aliphatic heterocycles. The Labute approximate surface area is 98.4 Å². The standard InChI is InChI=1S/C9H6FIN2O2/c10-5-2-1-4-8(7(5)11)13-6(14)3-12-9(4)15/h1-2H,3H2,(H,12,15)(H,13,14). The Morgan fingerprint density at radius 1 is 1.33 bits per heavy atom. The summed E-state index contributed by atoms with van der Waals surface area (Å²) in [6.45, 7) is -0.0921. The Kier molecular flexibility index (Phi) is 2.59. The number of hydrogen-bond acceptors (Lipinski definition) is 2. The zero-order valence-corrected chi connectivity index (χ0v) is 9.59. The molecule has 0 radical (unpaired) electrons. The monoisotopic (exact) mass is 320 g/mol. The number of hydrogen-bond donors (Lipinski definition) is 2. The summed E-state index contributed by atoms with van der Waals surface area (Å²) in [4.78, 5) is 22.7. The second-order valence-corrected chi connectivity index (χ2v) is 4.09. The average Bonchev–Trinajstić information content (AvgIpc) is 2.34. The molecule has 1 aromatic carbocycles. The lowest BCUT2D eigenvalue weighted by molar-refractivity contribution is -0.115. The van der Waals surface area contributed by atoms with E-state index in [1.54, 1.807) is 22.6 Å². The highest BCUT2D eigenvalue weighted by atomic mass is 127. The molecule has 0 fully saturated rings. The highest BCUT2D eigenvalue weighted by molar-refractivity contribution is 14.1. The van der Waals surface area contributed by atoms with E-state index in [-0.39, 0.29) is 33.2 Å². The highest BCUT2D eigenvalue weighted by Gasteiger charge is 2.22. The van der Waals surface area contributed by atoms with Crippen molar-refractivity contribution in [1.29, 1.82) is 0 Å². The number of amides is 2. The first kappa shape index (κ1) is 10.3. The van der Waals surface area contributed by atoms with Gasteiger partial charge in [0.15, 0.2) is 0 Å². The van der Waals surface area contributed by atoms with Crippen molar-refractivity contribution < 1.29 is 14.0 Å². The fourth-order valence-corrected chi connectivity index (χ4v) is 1.91. The Balaban J connectivity index is 2.62. The lowest BCUT2D eigenvalue weighted by atomic mass is 10.1. The molecule has 2 amide bonds. The van der Waals surface area contributed by atoms with Crippen molar-refractivity contribution in [1.82, 2.24) is 5.32 Å². The Morgan fingerprint density at radius 2 is 2.07 bits per heavy atom. The first-order chi connectivity index (χ1) is 7.09. The van der Waals surface area contributed by atoms with Crippen molar-refractivity contribution >= 4 is 40.1 Å². The van der Waals surface area contributed by atoms with Crippen LogP contribution in [0.25, 0.3) is 0 Å². The predicted molar refractivity (Wildman–Crippen MR) is 60.1 cm³/mol. The summed E-state index contributed by atoms with van der Waals surface area (Å²) in [6.07, 6.45) is 0. The maximum absolute atomic E-state index is 13.2. The number of nitrogens with one attached hydrogen (secondary N) is 2. The summed E-state index contributed by atoms with van der Waals surface area (Å²) >= 11 is 1.76. The Hall–Kier alpha value is -1.18. The van der Waals surface area contributed by atoms with Crippen LogP contribution in [0.4, 0.5) is 10.1 Å². The molecule has 0 saturated heterocycles. The van der Waals surface area contributed by atoms with Gasteiger partial charge in [-0.15, -0.1) is 0 Å². The van der Waals surface area contributed by atoms with E-state index in [2.05, 4.69) is 10.6 Å². The van der Waals surface area contributed by atoms with Gasteiger partial charge in [0.05, 0.1) is 21.4 Å². The fourth-order valence-electron chi connectivity index (χ4n) is 1.30. The van der Waals surface area contributed by atoms with Gasteiger partial charge >= 0.3 is 0 Å². The minimum absolute atomic E-state index is 0.0921. The second kappa shape index (κ2) is 3.76. The molecular formula is C9H6FIN2O2. The number of halogens is 2. The SMILES string of the molecule is O=C1CNC(=O)c2ccc(F)c(I)c2N1. The molecule has 0 saturated carbocycles. The molecule has 4 nitrogen and oxygen atoms in total. The van der Waals surface area contributed by atoms with Gasteiger partial charge in [-0.1, -0.05) is 0 Å². The lowest BCUT2D eigenvalue weighted by Gasteiger charge is -2.07. The smallest absolute Gasteiger partial charge is 0.253 e. The number of rotatable bonds is 0. The van der Waals surface area contributed by atoms with Gasteiger partial charge in [-0.3, -0.25) is 9.59 Å². The third-order valence-electron chi connectivity index (χ3n) is 2.01. The Bertz CT molecular complexity index is 462. The van der Waals surface area contributed by atoms with Gasteiger partial charge in [-0.05, 0) is 34.7 Å². The van der Waals surface area contributed by atoms with E-state index < -0.39 is 5.82 Å². The first-order valence-electron chi connectivity index (χ1n) is 4.15. The number of anilines is 1. The van der Waals surface area contributed by atoms with Gasteiger partial charge in [0.1, 0.15) is 5.82 Å². The van der Waals surface area contributed by atoms with Crippen molar-refractivity contribution in [3.05, 3.63) is 27.1 Å². The van der Waals surface area contributed by atoms with Gasteiger partial charge in [0, 0.05) is 0 Å². The second-order valence-electron chi connectivity index (χ2n) is 3.01. The fraction of sp³-hybridized carbons (Fsp3) is 0.111. The van der Waals surface area contributed by atoms with Crippen LogP contribution < -0.4 is 10.6 Å². The van der Waals surface area contributed by atoms with Crippen LogP contribution >= 0.6 is 22.6 Å². The van der Waals surface area contributed by atoms with Gasteiger partial charge < -0.3 is 10.6 Å². The molecule has 0 atom stereocenters. The largest absolute Gasteiger partial charge is 0.343 e. The molecule has 0 aliphatic carbocycles. The molecule has 0 aromatic heterocycles.